The van der Waals surface area contributed by atoms with Gasteiger partial charge in [0.15, 0.2) is 5.82 Å². The van der Waals surface area contributed by atoms with E-state index in [0.717, 1.165) is 71.8 Å². The number of carbonyl (C=O) groups excluding carboxylic acids is 5. The fraction of sp³-hybridized carbons (Fsp3) is 0.419. The molecular weight excluding hydrogens is 804 g/mol. The van der Waals surface area contributed by atoms with Crippen molar-refractivity contribution in [3.8, 4) is 5.00 Å². The van der Waals surface area contributed by atoms with Gasteiger partial charge in [-0.2, -0.15) is 0 Å². The number of amides is 5. The zero-order valence-corrected chi connectivity index (χ0v) is 35.5. The van der Waals surface area contributed by atoms with Crippen LogP contribution >= 0.6 is 22.9 Å². The van der Waals surface area contributed by atoms with E-state index in [1.54, 1.807) is 29.5 Å². The number of aryl methyl sites for hydroxylation is 3. The van der Waals surface area contributed by atoms with Gasteiger partial charge in [-0.1, -0.05) is 55.5 Å². The molecule has 0 saturated carbocycles. The first kappa shape index (κ1) is 42.4. The van der Waals surface area contributed by atoms with Crippen LogP contribution in [0, 0.1) is 20.8 Å². The van der Waals surface area contributed by atoms with E-state index < -0.39 is 23.9 Å². The lowest BCUT2D eigenvalue weighted by molar-refractivity contribution is -0.134. The first-order chi connectivity index (χ1) is 29.0. The van der Waals surface area contributed by atoms with Gasteiger partial charge in [-0.25, -0.2) is 4.98 Å². The summed E-state index contributed by atoms with van der Waals surface area (Å²) in [5.41, 5.74) is 5.35. The number of imidazole rings is 1. The number of nitrogens with one attached hydrogen (secondary N) is 5. The second-order valence-corrected chi connectivity index (χ2v) is 16.9. The van der Waals surface area contributed by atoms with Crippen molar-refractivity contribution in [1.29, 1.82) is 0 Å². The van der Waals surface area contributed by atoms with Gasteiger partial charge in [0, 0.05) is 53.4 Å². The molecule has 2 aliphatic heterocycles. The van der Waals surface area contributed by atoms with E-state index in [0.29, 0.717) is 52.8 Å². The first-order valence-corrected chi connectivity index (χ1v) is 21.7. The Bertz CT molecular complexity index is 2450. The lowest BCUT2D eigenvalue weighted by Gasteiger charge is -2.21. The molecule has 0 radical (unpaired) electrons. The minimum absolute atomic E-state index is 0.0746. The van der Waals surface area contributed by atoms with E-state index in [2.05, 4.69) is 55.3 Å². The third-order valence-electron chi connectivity index (χ3n) is 10.9. The summed E-state index contributed by atoms with van der Waals surface area (Å²) in [4.78, 5) is 76.5. The molecule has 0 spiro atoms. The van der Waals surface area contributed by atoms with Gasteiger partial charge in [-0.3, -0.25) is 38.8 Å². The molecule has 1 saturated heterocycles. The Balaban J connectivity index is 0.797. The van der Waals surface area contributed by atoms with Gasteiger partial charge in [0.25, 0.3) is 5.91 Å². The molecule has 5 N–H and O–H groups in total. The first-order valence-electron chi connectivity index (χ1n) is 20.5. The Hall–Kier alpha value is -5.74. The molecule has 3 aromatic heterocycles. The average molecular weight is 853 g/mol. The molecule has 15 nitrogen and oxygen atoms in total. The molecule has 5 amide bonds. The number of hydrogen-bond acceptors (Lipinski definition) is 10. The molecule has 314 valence electrons. The van der Waals surface area contributed by atoms with E-state index in [-0.39, 0.29) is 43.4 Å². The van der Waals surface area contributed by atoms with Crippen molar-refractivity contribution < 1.29 is 24.0 Å². The number of rotatable bonds is 17. The number of halogens is 1. The fourth-order valence-corrected chi connectivity index (χ4v) is 8.91. The number of H-pyrrole nitrogens is 1. The molecule has 2 aliphatic rings. The number of fused-ring (bicyclic) bond motifs is 4. The summed E-state index contributed by atoms with van der Waals surface area (Å²) in [5, 5.41) is 21.5. The fourth-order valence-electron chi connectivity index (χ4n) is 7.57. The molecule has 2 atom stereocenters. The van der Waals surface area contributed by atoms with Crippen molar-refractivity contribution in [3.63, 3.8) is 0 Å². The molecular formula is C43H49ClN10O5S. The van der Waals surface area contributed by atoms with Crippen molar-refractivity contribution in [1.82, 2.24) is 46.0 Å². The number of aromatic amines is 1. The molecule has 2 aromatic carbocycles. The molecule has 1 unspecified atom stereocenters. The third kappa shape index (κ3) is 9.82. The van der Waals surface area contributed by atoms with Gasteiger partial charge >= 0.3 is 0 Å². The van der Waals surface area contributed by atoms with Crippen LogP contribution in [0.1, 0.15) is 120 Å². The van der Waals surface area contributed by atoms with Crippen LogP contribution in [0.3, 0.4) is 0 Å². The normalized spacial score (nSPS) is 16.1. The summed E-state index contributed by atoms with van der Waals surface area (Å²) in [6.45, 7) is 7.30. The highest BCUT2D eigenvalue weighted by molar-refractivity contribution is 7.15. The second kappa shape index (κ2) is 19.1. The van der Waals surface area contributed by atoms with Crippen molar-refractivity contribution in [3.05, 3.63) is 92.1 Å². The highest BCUT2D eigenvalue weighted by Gasteiger charge is 2.33. The Morgan fingerprint density at radius 2 is 1.63 bits per heavy atom. The van der Waals surface area contributed by atoms with Crippen LogP contribution in [0.4, 0.5) is 0 Å². The van der Waals surface area contributed by atoms with Crippen LogP contribution in [-0.2, 0) is 25.6 Å². The molecule has 17 heteroatoms. The van der Waals surface area contributed by atoms with Gasteiger partial charge in [-0.15, -0.1) is 21.5 Å². The van der Waals surface area contributed by atoms with Crippen molar-refractivity contribution in [2.45, 2.75) is 103 Å². The molecule has 1 fully saturated rings. The number of piperidine rings is 1. The Labute approximate surface area is 356 Å². The average Bonchev–Trinajstić information content (AvgIpc) is 3.89. The molecule has 7 rings (SSSR count). The quantitative estimate of drug-likeness (QED) is 0.0569. The van der Waals surface area contributed by atoms with Crippen LogP contribution < -0.4 is 21.3 Å². The van der Waals surface area contributed by atoms with Crippen molar-refractivity contribution in [2.24, 2.45) is 4.99 Å². The standard InChI is InChI=1S/C43H49ClN10O5S/c1-24-25(2)60-43-37(24)38(27-13-15-28(44)16-14-27)48-32(40-53-52-26(3)54(40)43)23-36(57)46-22-9-7-5-4-6-8-21-45-34(55)20-18-33-47-30-12-10-11-29(39(30)50-33)41(58)49-31-17-19-35(56)51-42(31)59/h10-16,31-32H,4-9,17-23H2,1-3H3,(H,45,55)(H,46,57)(H,47,50)(H,49,58)(H,51,56,59)/t31?,32-/m0/s1. The maximum atomic E-state index is 13.3. The minimum Gasteiger partial charge on any atom is -0.356 e. The van der Waals surface area contributed by atoms with Gasteiger partial charge in [0.2, 0.25) is 23.6 Å². The van der Waals surface area contributed by atoms with Crippen LogP contribution in [0.25, 0.3) is 16.0 Å². The maximum absolute atomic E-state index is 13.3. The van der Waals surface area contributed by atoms with E-state index in [1.807, 2.05) is 35.8 Å². The monoisotopic (exact) mass is 852 g/mol. The predicted molar refractivity (Wildman–Crippen MR) is 230 cm³/mol. The Morgan fingerprint density at radius 1 is 0.917 bits per heavy atom. The number of imide groups is 1. The van der Waals surface area contributed by atoms with E-state index in [1.165, 1.54) is 4.88 Å². The number of aliphatic imine (C=N–C) groups is 1. The number of aromatic nitrogens is 5. The van der Waals surface area contributed by atoms with Crippen molar-refractivity contribution >= 4 is 69.2 Å². The molecule has 0 bridgehead atoms. The van der Waals surface area contributed by atoms with Crippen LogP contribution in [0.5, 0.6) is 0 Å². The zero-order valence-electron chi connectivity index (χ0n) is 34.0. The number of para-hydroxylation sites is 1. The number of hydrogen-bond donors (Lipinski definition) is 5. The number of benzene rings is 2. The number of nitrogens with zero attached hydrogens (tertiary/aromatic N) is 5. The third-order valence-corrected chi connectivity index (χ3v) is 12.4. The number of thiophene rings is 1. The molecule has 60 heavy (non-hydrogen) atoms. The summed E-state index contributed by atoms with van der Waals surface area (Å²) in [5.74, 6) is 0.508. The highest BCUT2D eigenvalue weighted by atomic mass is 35.5. The Morgan fingerprint density at radius 3 is 2.37 bits per heavy atom. The van der Waals surface area contributed by atoms with Gasteiger partial charge in [0.1, 0.15) is 34.3 Å². The molecule has 0 aliphatic carbocycles. The lowest BCUT2D eigenvalue weighted by atomic mass is 9.99. The van der Waals surface area contributed by atoms with E-state index in [9.17, 15) is 24.0 Å². The van der Waals surface area contributed by atoms with Gasteiger partial charge < -0.3 is 20.9 Å². The predicted octanol–water partition coefficient (Wildman–Crippen LogP) is 5.81. The minimum atomic E-state index is -0.788. The topological polar surface area (TPSA) is 205 Å². The molecule has 5 heterocycles. The summed E-state index contributed by atoms with van der Waals surface area (Å²) in [6.07, 6.45) is 6.95. The number of carbonyl (C=O) groups is 5. The Kier molecular flexibility index (Phi) is 13.5. The smallest absolute Gasteiger partial charge is 0.254 e. The van der Waals surface area contributed by atoms with Crippen molar-refractivity contribution in [2.75, 3.05) is 13.1 Å². The van der Waals surface area contributed by atoms with Gasteiger partial charge in [0.05, 0.1) is 23.2 Å². The summed E-state index contributed by atoms with van der Waals surface area (Å²) in [7, 11) is 0. The van der Waals surface area contributed by atoms with E-state index >= 15 is 0 Å². The van der Waals surface area contributed by atoms with E-state index in [4.69, 9.17) is 16.6 Å². The highest BCUT2D eigenvalue weighted by Crippen LogP contribution is 2.39. The van der Waals surface area contributed by atoms with Gasteiger partial charge in [-0.05, 0) is 69.9 Å². The second-order valence-electron chi connectivity index (χ2n) is 15.3. The van der Waals surface area contributed by atoms with Crippen LogP contribution in [-0.4, -0.2) is 79.1 Å². The SMILES string of the molecule is Cc1sc2c(c1C)C(c1ccc(Cl)cc1)=N[C@@H](CC(=O)NCCCCCCCCNC(=O)CCc1nc3c(C(=O)NC4CCC(=O)NC4=O)cccc3[nH]1)c1nnc(C)n1-2. The maximum Gasteiger partial charge on any atom is 0.254 e. The van der Waals surface area contributed by atoms with Crippen LogP contribution in [0.15, 0.2) is 47.5 Å². The lowest BCUT2D eigenvalue weighted by Crippen LogP contribution is -2.52. The van der Waals surface area contributed by atoms with Crippen LogP contribution in [0.2, 0.25) is 5.02 Å². The molecule has 5 aromatic rings. The summed E-state index contributed by atoms with van der Waals surface area (Å²) >= 11 is 7.91. The zero-order chi connectivity index (χ0) is 42.3. The number of unbranched alkanes of at least 4 members (excludes halogenated alkanes) is 5. The largest absolute Gasteiger partial charge is 0.356 e. The summed E-state index contributed by atoms with van der Waals surface area (Å²) < 4.78 is 2.05. The summed E-state index contributed by atoms with van der Waals surface area (Å²) in [6, 6.07) is 11.5.